The predicted molar refractivity (Wildman–Crippen MR) is 119 cm³/mol. The van der Waals surface area contributed by atoms with Gasteiger partial charge in [0.2, 0.25) is 0 Å². The van der Waals surface area contributed by atoms with Crippen molar-refractivity contribution in [1.29, 1.82) is 5.26 Å². The summed E-state index contributed by atoms with van der Waals surface area (Å²) in [6, 6.07) is 5.85. The minimum absolute atomic E-state index is 0.0361. The van der Waals surface area contributed by atoms with E-state index in [-0.39, 0.29) is 35.5 Å². The number of hydrogen-bond acceptors (Lipinski definition) is 6. The number of aryl methyl sites for hydroxylation is 1. The van der Waals surface area contributed by atoms with E-state index in [4.69, 9.17) is 5.26 Å². The fourth-order valence-corrected chi connectivity index (χ4v) is 7.15. The summed E-state index contributed by atoms with van der Waals surface area (Å²) >= 11 is 0. The average Bonchev–Trinajstić information content (AvgIpc) is 3.72. The number of fused-ring (bicyclic) bond motifs is 1. The van der Waals surface area contributed by atoms with Crippen LogP contribution in [0.4, 0.5) is 4.39 Å². The van der Waals surface area contributed by atoms with Crippen LogP contribution >= 0.6 is 0 Å². The van der Waals surface area contributed by atoms with Gasteiger partial charge in [0.1, 0.15) is 17.6 Å². The van der Waals surface area contributed by atoms with Crippen LogP contribution in [0.5, 0.6) is 0 Å². The summed E-state index contributed by atoms with van der Waals surface area (Å²) in [7, 11) is -1.65. The van der Waals surface area contributed by atoms with Crippen LogP contribution in [0.25, 0.3) is 0 Å². The molecule has 2 fully saturated rings. The molecule has 2 saturated carbocycles. The minimum atomic E-state index is -3.24. The van der Waals surface area contributed by atoms with Crippen molar-refractivity contribution in [2.24, 2.45) is 7.05 Å². The van der Waals surface area contributed by atoms with Gasteiger partial charge in [-0.25, -0.2) is 12.8 Å². The van der Waals surface area contributed by atoms with Crippen molar-refractivity contribution >= 4 is 21.7 Å². The summed E-state index contributed by atoms with van der Waals surface area (Å²) in [4.78, 5) is 27.6. The average molecular weight is 486 g/mol. The summed E-state index contributed by atoms with van der Waals surface area (Å²) in [5.41, 5.74) is 1.37. The Hall–Kier alpha value is -3.26. The molecule has 0 spiro atoms. The quantitative estimate of drug-likeness (QED) is 0.633. The topological polar surface area (TPSA) is 125 Å². The van der Waals surface area contributed by atoms with Gasteiger partial charge in [0.05, 0.1) is 15.6 Å². The maximum Gasteiger partial charge on any atom is 0.272 e. The van der Waals surface area contributed by atoms with Crippen LogP contribution in [0, 0.1) is 17.1 Å². The highest BCUT2D eigenvalue weighted by Gasteiger charge is 2.60. The highest BCUT2D eigenvalue weighted by molar-refractivity contribution is 7.94. The number of nitrogens with one attached hydrogen (secondary N) is 1. The van der Waals surface area contributed by atoms with Crippen molar-refractivity contribution < 1.29 is 22.4 Å². The molecule has 9 nitrogen and oxygen atoms in total. The maximum atomic E-state index is 13.8. The minimum Gasteiger partial charge on any atom is -0.347 e. The highest BCUT2D eigenvalue weighted by atomic mass is 32.2. The van der Waals surface area contributed by atoms with Crippen LogP contribution < -0.4 is 5.32 Å². The zero-order chi connectivity index (χ0) is 24.3. The molecule has 0 bridgehead atoms. The zero-order valence-electron chi connectivity index (χ0n) is 18.7. The lowest BCUT2D eigenvalue weighted by Gasteiger charge is -2.31. The van der Waals surface area contributed by atoms with Gasteiger partial charge in [0.15, 0.2) is 15.5 Å². The van der Waals surface area contributed by atoms with Crippen molar-refractivity contribution in [1.82, 2.24) is 20.0 Å². The Balaban J connectivity index is 1.30. The normalized spacial score (nSPS) is 18.9. The molecule has 1 N–H and O–H groups in total. The smallest absolute Gasteiger partial charge is 0.272 e. The molecule has 2 heterocycles. The van der Waals surface area contributed by atoms with E-state index >= 15 is 0 Å². The first-order valence-electron chi connectivity index (χ1n) is 11.2. The zero-order valence-corrected chi connectivity index (χ0v) is 19.5. The molecule has 0 unspecified atom stereocenters. The third kappa shape index (κ3) is 3.66. The first-order valence-corrected chi connectivity index (χ1v) is 12.8. The number of aromatic nitrogens is 2. The van der Waals surface area contributed by atoms with Crippen LogP contribution in [0.2, 0.25) is 0 Å². The van der Waals surface area contributed by atoms with Gasteiger partial charge in [0.25, 0.3) is 11.8 Å². The van der Waals surface area contributed by atoms with Gasteiger partial charge in [-0.3, -0.25) is 14.3 Å². The number of halogens is 1. The van der Waals surface area contributed by atoms with E-state index in [1.165, 1.54) is 16.8 Å². The number of carbonyl (C=O) groups excluding carboxylic acids is 2. The monoisotopic (exact) mass is 485 g/mol. The molecule has 0 atom stereocenters. The van der Waals surface area contributed by atoms with Crippen LogP contribution in [-0.4, -0.2) is 58.0 Å². The first kappa shape index (κ1) is 22.5. The van der Waals surface area contributed by atoms with Crippen molar-refractivity contribution in [2.75, 3.05) is 13.1 Å². The highest BCUT2D eigenvalue weighted by Crippen LogP contribution is 2.50. The van der Waals surface area contributed by atoms with E-state index in [2.05, 4.69) is 10.4 Å². The standard InChI is InChI=1S/C23H24FN5O4S/c1-28-20-17(19(27-28)21(30)26-12-14-2-3-15(11-25)18(24)10-14)6-9-29(22(20)31)13-23(7-8-23)34(32,33)16-4-5-16/h2-3,10,16H,4-9,12-13H2,1H3,(H,26,30). The molecule has 178 valence electrons. The van der Waals surface area contributed by atoms with E-state index in [1.807, 2.05) is 0 Å². The molecular formula is C23H24FN5O4S. The maximum absolute atomic E-state index is 13.8. The van der Waals surface area contributed by atoms with Gasteiger partial charge in [0, 0.05) is 32.2 Å². The van der Waals surface area contributed by atoms with Crippen LogP contribution in [0.15, 0.2) is 18.2 Å². The summed E-state index contributed by atoms with van der Waals surface area (Å²) in [5.74, 6) is -1.47. The third-order valence-electron chi connectivity index (χ3n) is 6.94. The van der Waals surface area contributed by atoms with Crippen molar-refractivity contribution in [3.63, 3.8) is 0 Å². The van der Waals surface area contributed by atoms with E-state index in [9.17, 15) is 22.4 Å². The Morgan fingerprint density at radius 1 is 1.35 bits per heavy atom. The fraction of sp³-hybridized carbons (Fsp3) is 0.478. The van der Waals surface area contributed by atoms with Gasteiger partial charge >= 0.3 is 0 Å². The molecule has 34 heavy (non-hydrogen) atoms. The first-order chi connectivity index (χ1) is 16.2. The lowest BCUT2D eigenvalue weighted by molar-refractivity contribution is 0.0724. The molecule has 0 saturated heterocycles. The van der Waals surface area contributed by atoms with Gasteiger partial charge in [-0.1, -0.05) is 6.07 Å². The lowest BCUT2D eigenvalue weighted by atomic mass is 10.0. The number of benzene rings is 1. The summed E-state index contributed by atoms with van der Waals surface area (Å²) in [6.45, 7) is 0.538. The third-order valence-corrected chi connectivity index (χ3v) is 10.0. The van der Waals surface area contributed by atoms with E-state index < -0.39 is 26.3 Å². The van der Waals surface area contributed by atoms with E-state index in [0.29, 0.717) is 55.5 Å². The van der Waals surface area contributed by atoms with Gasteiger partial charge in [-0.2, -0.15) is 10.4 Å². The molecule has 2 amide bonds. The second-order valence-electron chi connectivity index (χ2n) is 9.31. The Morgan fingerprint density at radius 2 is 2.09 bits per heavy atom. The molecule has 11 heteroatoms. The molecule has 1 aromatic carbocycles. The molecule has 0 radical (unpaired) electrons. The van der Waals surface area contributed by atoms with Gasteiger partial charge in [-0.15, -0.1) is 0 Å². The number of hydrogen-bond donors (Lipinski definition) is 1. The number of amides is 2. The summed E-state index contributed by atoms with van der Waals surface area (Å²) in [5, 5.41) is 15.5. The molecular weight excluding hydrogens is 461 g/mol. The number of carbonyl (C=O) groups is 2. The predicted octanol–water partition coefficient (Wildman–Crippen LogP) is 1.47. The second kappa shape index (κ2) is 7.91. The largest absolute Gasteiger partial charge is 0.347 e. The number of nitrogens with zero attached hydrogens (tertiary/aromatic N) is 4. The van der Waals surface area contributed by atoms with Gasteiger partial charge < -0.3 is 10.2 Å². The van der Waals surface area contributed by atoms with Crippen molar-refractivity contribution in [2.45, 2.75) is 48.6 Å². The SMILES string of the molecule is Cn1nc(C(=O)NCc2ccc(C#N)c(F)c2)c2c1C(=O)N(CC1(S(=O)(=O)C3CC3)CC1)CC2. The Morgan fingerprint density at radius 3 is 2.71 bits per heavy atom. The van der Waals surface area contributed by atoms with Crippen LogP contribution in [0.3, 0.4) is 0 Å². The number of sulfone groups is 1. The molecule has 2 aromatic rings. The second-order valence-corrected chi connectivity index (χ2v) is 11.9. The van der Waals surface area contributed by atoms with E-state index in [1.54, 1.807) is 24.1 Å². The summed E-state index contributed by atoms with van der Waals surface area (Å²) < 4.78 is 40.1. The summed E-state index contributed by atoms with van der Waals surface area (Å²) in [6.07, 6.45) is 2.96. The molecule has 1 aliphatic heterocycles. The number of rotatable bonds is 7. The molecule has 1 aromatic heterocycles. The molecule has 5 rings (SSSR count). The van der Waals surface area contributed by atoms with Crippen molar-refractivity contribution in [3.05, 3.63) is 52.1 Å². The van der Waals surface area contributed by atoms with Crippen LogP contribution in [-0.2, 0) is 29.9 Å². The Labute approximate surface area is 196 Å². The molecule has 3 aliphatic rings. The molecule has 2 aliphatic carbocycles. The van der Waals surface area contributed by atoms with Crippen LogP contribution in [0.1, 0.15) is 63.4 Å². The number of nitriles is 1. The van der Waals surface area contributed by atoms with E-state index in [0.717, 1.165) is 0 Å². The van der Waals surface area contributed by atoms with Gasteiger partial charge in [-0.05, 0) is 49.8 Å². The fourth-order valence-electron chi connectivity index (χ4n) is 4.68. The Kier molecular flexibility index (Phi) is 5.24. The Bertz CT molecular complexity index is 1350. The van der Waals surface area contributed by atoms with Crippen molar-refractivity contribution in [3.8, 4) is 6.07 Å². The lowest BCUT2D eigenvalue weighted by Crippen LogP contribution is -2.46.